The predicted octanol–water partition coefficient (Wildman–Crippen LogP) is -0.583. The molecule has 1 atom stereocenters. The second-order valence-corrected chi connectivity index (χ2v) is 3.01. The van der Waals surface area contributed by atoms with E-state index in [0.29, 0.717) is 12.4 Å². The average Bonchev–Trinajstić information content (AvgIpc) is 2.45. The van der Waals surface area contributed by atoms with Crippen molar-refractivity contribution < 1.29 is 0 Å². The Hall–Kier alpha value is -1.30. The lowest BCUT2D eigenvalue weighted by atomic mass is 10.0. The molecule has 13 heavy (non-hydrogen) atoms. The lowest BCUT2D eigenvalue weighted by Gasteiger charge is -2.11. The normalized spacial score (nSPS) is 13.1. The van der Waals surface area contributed by atoms with Crippen molar-refractivity contribution >= 4 is 5.95 Å². The summed E-state index contributed by atoms with van der Waals surface area (Å²) in [7, 11) is 0. The van der Waals surface area contributed by atoms with Crippen molar-refractivity contribution in [1.82, 2.24) is 14.9 Å². The van der Waals surface area contributed by atoms with Gasteiger partial charge in [0.1, 0.15) is 0 Å². The zero-order valence-corrected chi connectivity index (χ0v) is 7.77. The highest BCUT2D eigenvalue weighted by atomic mass is 15.4. The minimum absolute atomic E-state index is 0.153. The molecule has 0 saturated heterocycles. The van der Waals surface area contributed by atoms with Gasteiger partial charge >= 0.3 is 0 Å². The molecule has 1 aromatic heterocycles. The highest BCUT2D eigenvalue weighted by Gasteiger charge is 2.16. The topological polar surface area (TPSA) is 109 Å². The first-order chi connectivity index (χ1) is 6.20. The van der Waals surface area contributed by atoms with E-state index in [-0.39, 0.29) is 11.9 Å². The fourth-order valence-electron chi connectivity index (χ4n) is 1.30. The number of nitrogens with two attached hydrogens (primary N) is 3. The summed E-state index contributed by atoms with van der Waals surface area (Å²) in [4.78, 5) is 0. The standard InChI is InChI=1S/C7H16N6/c1-2-3-5(4-8)6-11-12-7(9)13(6)10/h5H,2-4,8,10H2,1H3,(H2,9,12). The van der Waals surface area contributed by atoms with Gasteiger partial charge in [0.25, 0.3) is 0 Å². The first-order valence-corrected chi connectivity index (χ1v) is 4.36. The molecule has 6 nitrogen and oxygen atoms in total. The molecule has 0 spiro atoms. The fraction of sp³-hybridized carbons (Fsp3) is 0.714. The SMILES string of the molecule is CCCC(CN)c1nnc(N)n1N. The van der Waals surface area contributed by atoms with Crippen LogP contribution in [0.4, 0.5) is 5.95 Å². The molecule has 0 aromatic carbocycles. The Kier molecular flexibility index (Phi) is 3.07. The molecule has 74 valence electrons. The molecule has 1 heterocycles. The van der Waals surface area contributed by atoms with Gasteiger partial charge in [-0.2, -0.15) is 0 Å². The minimum atomic E-state index is 0.153. The molecule has 1 aromatic rings. The van der Waals surface area contributed by atoms with E-state index in [1.54, 1.807) is 0 Å². The zero-order chi connectivity index (χ0) is 9.84. The van der Waals surface area contributed by atoms with E-state index in [2.05, 4.69) is 17.1 Å². The molecule has 0 saturated carbocycles. The highest BCUT2D eigenvalue weighted by Crippen LogP contribution is 2.17. The number of hydrogen-bond acceptors (Lipinski definition) is 5. The van der Waals surface area contributed by atoms with Crippen LogP contribution in [0.3, 0.4) is 0 Å². The number of anilines is 1. The van der Waals surface area contributed by atoms with E-state index in [9.17, 15) is 0 Å². The van der Waals surface area contributed by atoms with Crippen molar-refractivity contribution in [3.8, 4) is 0 Å². The maximum atomic E-state index is 5.62. The van der Waals surface area contributed by atoms with E-state index in [1.165, 1.54) is 4.68 Å². The Labute approximate surface area is 77.1 Å². The Bertz CT molecular complexity index is 268. The van der Waals surface area contributed by atoms with E-state index >= 15 is 0 Å². The van der Waals surface area contributed by atoms with Crippen LogP contribution in [-0.4, -0.2) is 21.4 Å². The number of rotatable bonds is 4. The van der Waals surface area contributed by atoms with Crippen LogP contribution in [0.15, 0.2) is 0 Å². The van der Waals surface area contributed by atoms with Gasteiger partial charge in [-0.3, -0.25) is 0 Å². The maximum Gasteiger partial charge on any atom is 0.240 e. The molecule has 6 heteroatoms. The van der Waals surface area contributed by atoms with Gasteiger partial charge < -0.3 is 17.3 Å². The molecule has 6 N–H and O–H groups in total. The van der Waals surface area contributed by atoms with Gasteiger partial charge in [-0.1, -0.05) is 13.3 Å². The largest absolute Gasteiger partial charge is 0.366 e. The summed E-state index contributed by atoms with van der Waals surface area (Å²) >= 11 is 0. The fourth-order valence-corrected chi connectivity index (χ4v) is 1.30. The lowest BCUT2D eigenvalue weighted by Crippen LogP contribution is -2.22. The summed E-state index contributed by atoms with van der Waals surface area (Å²) in [6, 6.07) is 0. The van der Waals surface area contributed by atoms with Crippen LogP contribution < -0.4 is 17.3 Å². The molecule has 0 radical (unpaired) electrons. The van der Waals surface area contributed by atoms with Gasteiger partial charge in [-0.05, 0) is 6.42 Å². The molecule has 0 amide bonds. The summed E-state index contributed by atoms with van der Waals surface area (Å²) in [5.74, 6) is 6.67. The third-order valence-electron chi connectivity index (χ3n) is 2.04. The van der Waals surface area contributed by atoms with Gasteiger partial charge in [-0.25, -0.2) is 4.68 Å². The maximum absolute atomic E-state index is 5.62. The molecular weight excluding hydrogens is 168 g/mol. The van der Waals surface area contributed by atoms with Crippen LogP contribution in [0.1, 0.15) is 31.5 Å². The van der Waals surface area contributed by atoms with Crippen LogP contribution in [0.25, 0.3) is 0 Å². The van der Waals surface area contributed by atoms with Crippen molar-refractivity contribution in [3.05, 3.63) is 5.82 Å². The summed E-state index contributed by atoms with van der Waals surface area (Å²) in [6.07, 6.45) is 1.99. The smallest absolute Gasteiger partial charge is 0.240 e. The van der Waals surface area contributed by atoms with Crippen LogP contribution >= 0.6 is 0 Å². The number of hydrogen-bond donors (Lipinski definition) is 3. The Morgan fingerprint density at radius 3 is 2.54 bits per heavy atom. The molecule has 1 rings (SSSR count). The summed E-state index contributed by atoms with van der Waals surface area (Å²) in [5.41, 5.74) is 11.0. The molecule has 0 aliphatic carbocycles. The van der Waals surface area contributed by atoms with Crippen molar-refractivity contribution in [2.45, 2.75) is 25.7 Å². The van der Waals surface area contributed by atoms with Crippen LogP contribution in [0.5, 0.6) is 0 Å². The van der Waals surface area contributed by atoms with E-state index in [0.717, 1.165) is 12.8 Å². The zero-order valence-electron chi connectivity index (χ0n) is 7.77. The van der Waals surface area contributed by atoms with Crippen LogP contribution in [-0.2, 0) is 0 Å². The summed E-state index contributed by atoms with van der Waals surface area (Å²) in [5, 5.41) is 7.57. The Balaban J connectivity index is 2.84. The van der Waals surface area contributed by atoms with Gasteiger partial charge in [0.2, 0.25) is 5.95 Å². The van der Waals surface area contributed by atoms with Crippen molar-refractivity contribution in [3.63, 3.8) is 0 Å². The molecule has 0 aliphatic heterocycles. The first-order valence-electron chi connectivity index (χ1n) is 4.36. The third kappa shape index (κ3) is 1.89. The quantitative estimate of drug-likeness (QED) is 0.542. The summed E-state index contributed by atoms with van der Waals surface area (Å²) < 4.78 is 1.30. The molecule has 0 bridgehead atoms. The molecular formula is C7H16N6. The van der Waals surface area contributed by atoms with Crippen molar-refractivity contribution in [1.29, 1.82) is 0 Å². The van der Waals surface area contributed by atoms with E-state index < -0.39 is 0 Å². The van der Waals surface area contributed by atoms with Gasteiger partial charge in [0.05, 0.1) is 0 Å². The number of nitrogen functional groups attached to an aromatic ring is 2. The van der Waals surface area contributed by atoms with Crippen LogP contribution in [0, 0.1) is 0 Å². The second kappa shape index (κ2) is 4.08. The minimum Gasteiger partial charge on any atom is -0.366 e. The highest BCUT2D eigenvalue weighted by molar-refractivity contribution is 5.19. The van der Waals surface area contributed by atoms with E-state index in [4.69, 9.17) is 17.3 Å². The second-order valence-electron chi connectivity index (χ2n) is 3.01. The van der Waals surface area contributed by atoms with E-state index in [1.807, 2.05) is 0 Å². The van der Waals surface area contributed by atoms with Crippen molar-refractivity contribution in [2.75, 3.05) is 18.1 Å². The van der Waals surface area contributed by atoms with Gasteiger partial charge in [-0.15, -0.1) is 10.2 Å². The van der Waals surface area contributed by atoms with Gasteiger partial charge in [0, 0.05) is 12.5 Å². The predicted molar refractivity (Wildman–Crippen MR) is 51.3 cm³/mol. The average molecular weight is 184 g/mol. The Morgan fingerprint density at radius 1 is 1.46 bits per heavy atom. The third-order valence-corrected chi connectivity index (χ3v) is 2.04. The molecule has 1 unspecified atom stereocenters. The monoisotopic (exact) mass is 184 g/mol. The Morgan fingerprint density at radius 2 is 2.15 bits per heavy atom. The number of nitrogens with zero attached hydrogens (tertiary/aromatic N) is 3. The molecule has 0 fully saturated rings. The van der Waals surface area contributed by atoms with Crippen molar-refractivity contribution in [2.24, 2.45) is 5.73 Å². The lowest BCUT2D eigenvalue weighted by molar-refractivity contribution is 0.574. The first kappa shape index (κ1) is 9.79. The van der Waals surface area contributed by atoms with Gasteiger partial charge in [0.15, 0.2) is 5.82 Å². The molecule has 0 aliphatic rings. The van der Waals surface area contributed by atoms with Crippen LogP contribution in [0.2, 0.25) is 0 Å². The summed E-state index contributed by atoms with van der Waals surface area (Å²) in [6.45, 7) is 2.60. The number of aromatic nitrogens is 3.